The Labute approximate surface area is 258 Å². The molecule has 2 aromatic heterocycles. The number of fused-ring (bicyclic) bond motifs is 10. The molecule has 44 heavy (non-hydrogen) atoms. The Balaban J connectivity index is 1.21. The van der Waals surface area contributed by atoms with Gasteiger partial charge >= 0.3 is 6.85 Å². The molecule has 0 spiro atoms. The number of nitrogens with zero attached hydrogens (tertiary/aromatic N) is 3. The lowest BCUT2D eigenvalue weighted by atomic mass is 9.41. The summed E-state index contributed by atoms with van der Waals surface area (Å²) in [4.78, 5) is 11.7. The van der Waals surface area contributed by atoms with Crippen molar-refractivity contribution in [2.75, 3.05) is 4.81 Å². The van der Waals surface area contributed by atoms with Crippen molar-refractivity contribution >= 4 is 29.3 Å². The summed E-state index contributed by atoms with van der Waals surface area (Å²) in [6.45, 7) is 0.181. The summed E-state index contributed by atoms with van der Waals surface area (Å²) in [5.74, 6) is 0. The van der Waals surface area contributed by atoms with E-state index in [4.69, 9.17) is 4.98 Å². The number of allylic oxidation sites excluding steroid dienone is 4. The van der Waals surface area contributed by atoms with Crippen LogP contribution < -0.4 is 10.3 Å². The topological polar surface area (TPSA) is 29.0 Å². The molecule has 0 atom stereocenters. The van der Waals surface area contributed by atoms with E-state index in [9.17, 15) is 0 Å². The fourth-order valence-corrected chi connectivity index (χ4v) is 7.26. The van der Waals surface area contributed by atoms with Crippen LogP contribution in [0.4, 0.5) is 11.4 Å². The molecular formula is C40H28BN3. The minimum Gasteiger partial charge on any atom is -0.376 e. The standard InChI is InChI=1S/C40H28BN3/c1-2-9-27(10-3-1)28-17-20-39-34(23-28)32-12-4-6-14-36(32)41-37-15-7-5-13-33(37)35-24-29(18-21-40(35)44(39)41)30-16-19-38(43-26-30)31-11-8-22-42-25-31/h1-5,7-13,15-26H,6,14H2. The normalized spacial score (nSPS) is 14.4. The Bertz CT molecular complexity index is 2110. The molecule has 206 valence electrons. The molecule has 0 fully saturated rings. The maximum absolute atomic E-state index is 4.79. The largest absolute Gasteiger partial charge is 0.376 e. The second-order valence-electron chi connectivity index (χ2n) is 11.7. The van der Waals surface area contributed by atoms with E-state index in [0.717, 1.165) is 29.7 Å². The smallest absolute Gasteiger partial charge is 0.325 e. The van der Waals surface area contributed by atoms with Crippen LogP contribution in [0.15, 0.2) is 151 Å². The molecule has 4 heterocycles. The lowest BCUT2D eigenvalue weighted by Gasteiger charge is -2.45. The highest BCUT2D eigenvalue weighted by Gasteiger charge is 2.43. The van der Waals surface area contributed by atoms with Crippen molar-refractivity contribution in [2.45, 2.75) is 12.8 Å². The quantitative estimate of drug-likeness (QED) is 0.202. The molecule has 0 saturated heterocycles. The summed E-state index contributed by atoms with van der Waals surface area (Å²) >= 11 is 0. The van der Waals surface area contributed by atoms with Gasteiger partial charge in [0.2, 0.25) is 0 Å². The predicted molar refractivity (Wildman–Crippen MR) is 183 cm³/mol. The van der Waals surface area contributed by atoms with Crippen molar-refractivity contribution < 1.29 is 0 Å². The molecule has 0 saturated carbocycles. The summed E-state index contributed by atoms with van der Waals surface area (Å²) in [6, 6.07) is 41.9. The van der Waals surface area contributed by atoms with Gasteiger partial charge in [0, 0.05) is 52.2 Å². The molecule has 1 aliphatic carbocycles. The fraction of sp³-hybridized carbons (Fsp3) is 0.0500. The summed E-state index contributed by atoms with van der Waals surface area (Å²) in [7, 11) is 0. The van der Waals surface area contributed by atoms with Gasteiger partial charge in [0.25, 0.3) is 0 Å². The molecule has 4 aromatic carbocycles. The van der Waals surface area contributed by atoms with Crippen molar-refractivity contribution in [3.05, 3.63) is 157 Å². The molecule has 0 N–H and O–H groups in total. The second-order valence-corrected chi connectivity index (χ2v) is 11.7. The van der Waals surface area contributed by atoms with Crippen LogP contribution in [0.1, 0.15) is 18.4 Å². The molecule has 0 unspecified atom stereocenters. The van der Waals surface area contributed by atoms with E-state index in [-0.39, 0.29) is 6.85 Å². The van der Waals surface area contributed by atoms with Gasteiger partial charge in [0.1, 0.15) is 0 Å². The Hall–Kier alpha value is -5.48. The van der Waals surface area contributed by atoms with Crippen LogP contribution in [0.2, 0.25) is 0 Å². The van der Waals surface area contributed by atoms with Gasteiger partial charge in [0.05, 0.1) is 5.69 Å². The van der Waals surface area contributed by atoms with Crippen LogP contribution >= 0.6 is 0 Å². The van der Waals surface area contributed by atoms with E-state index in [0.29, 0.717) is 0 Å². The molecule has 2 aliphatic heterocycles. The average Bonchev–Trinajstić information content (AvgIpc) is 3.12. The third-order valence-corrected chi connectivity index (χ3v) is 9.31. The van der Waals surface area contributed by atoms with Crippen LogP contribution in [0, 0.1) is 0 Å². The maximum atomic E-state index is 4.79. The third kappa shape index (κ3) is 3.91. The zero-order chi connectivity index (χ0) is 29.0. The highest BCUT2D eigenvalue weighted by Crippen LogP contribution is 2.50. The van der Waals surface area contributed by atoms with Gasteiger partial charge in [-0.1, -0.05) is 90.4 Å². The van der Waals surface area contributed by atoms with Crippen LogP contribution in [0.25, 0.3) is 50.2 Å². The first kappa shape index (κ1) is 25.1. The summed E-state index contributed by atoms with van der Waals surface area (Å²) in [5, 5.41) is 0. The van der Waals surface area contributed by atoms with Crippen LogP contribution in [0.3, 0.4) is 0 Å². The van der Waals surface area contributed by atoms with Crippen molar-refractivity contribution in [1.82, 2.24) is 9.97 Å². The van der Waals surface area contributed by atoms with Gasteiger partial charge in [-0.15, -0.1) is 0 Å². The lowest BCUT2D eigenvalue weighted by molar-refractivity contribution is 1.01. The van der Waals surface area contributed by atoms with Gasteiger partial charge in [-0.3, -0.25) is 9.97 Å². The average molecular weight is 561 g/mol. The van der Waals surface area contributed by atoms with Crippen molar-refractivity contribution in [3.63, 3.8) is 0 Å². The van der Waals surface area contributed by atoms with Crippen molar-refractivity contribution in [1.29, 1.82) is 0 Å². The molecule has 9 rings (SSSR count). The van der Waals surface area contributed by atoms with E-state index < -0.39 is 0 Å². The third-order valence-electron chi connectivity index (χ3n) is 9.31. The molecule has 0 bridgehead atoms. The van der Waals surface area contributed by atoms with Crippen LogP contribution in [-0.4, -0.2) is 16.8 Å². The summed E-state index contributed by atoms with van der Waals surface area (Å²) in [5.41, 5.74) is 17.4. The number of benzene rings is 4. The van der Waals surface area contributed by atoms with E-state index >= 15 is 0 Å². The Kier molecular flexibility index (Phi) is 5.73. The lowest BCUT2D eigenvalue weighted by Crippen LogP contribution is -2.53. The Morgan fingerprint density at radius 3 is 2.16 bits per heavy atom. The molecular weight excluding hydrogens is 533 g/mol. The number of anilines is 2. The minimum absolute atomic E-state index is 0.181. The SMILES string of the molecule is C1=CC2=C(CC1)B1c3ccccc3-c3cc(-c4ccc(-c5cccnc5)nc4)ccc3N1c1ccc(-c3ccccc3)cc12. The zero-order valence-electron chi connectivity index (χ0n) is 24.2. The van der Waals surface area contributed by atoms with Gasteiger partial charge in [-0.2, -0.15) is 0 Å². The van der Waals surface area contributed by atoms with Gasteiger partial charge in [-0.05, 0) is 88.6 Å². The molecule has 0 radical (unpaired) electrons. The molecule has 6 aromatic rings. The Morgan fingerprint density at radius 1 is 0.591 bits per heavy atom. The molecule has 0 amide bonds. The number of rotatable bonds is 3. The monoisotopic (exact) mass is 561 g/mol. The van der Waals surface area contributed by atoms with E-state index in [2.05, 4.69) is 125 Å². The Morgan fingerprint density at radius 2 is 1.34 bits per heavy atom. The van der Waals surface area contributed by atoms with Crippen LogP contribution in [0.5, 0.6) is 0 Å². The zero-order valence-corrected chi connectivity index (χ0v) is 24.2. The number of hydrogen-bond acceptors (Lipinski definition) is 3. The summed E-state index contributed by atoms with van der Waals surface area (Å²) < 4.78 is 0. The van der Waals surface area contributed by atoms with Gasteiger partial charge < -0.3 is 4.81 Å². The van der Waals surface area contributed by atoms with Crippen molar-refractivity contribution in [3.8, 4) is 44.6 Å². The molecule has 3 aliphatic rings. The number of aromatic nitrogens is 2. The second kappa shape index (κ2) is 10.1. The maximum Gasteiger partial charge on any atom is 0.325 e. The molecule has 4 heteroatoms. The van der Waals surface area contributed by atoms with E-state index in [1.807, 2.05) is 24.5 Å². The number of hydrogen-bond donors (Lipinski definition) is 0. The van der Waals surface area contributed by atoms with Gasteiger partial charge in [0.15, 0.2) is 0 Å². The first-order valence-corrected chi connectivity index (χ1v) is 15.3. The molecule has 3 nitrogen and oxygen atoms in total. The van der Waals surface area contributed by atoms with Crippen molar-refractivity contribution in [2.24, 2.45) is 0 Å². The predicted octanol–water partition coefficient (Wildman–Crippen LogP) is 9.15. The van der Waals surface area contributed by atoms with Crippen LogP contribution in [-0.2, 0) is 0 Å². The first-order valence-electron chi connectivity index (χ1n) is 15.3. The fourth-order valence-electron chi connectivity index (χ4n) is 7.26. The van der Waals surface area contributed by atoms with Gasteiger partial charge in [-0.25, -0.2) is 0 Å². The summed E-state index contributed by atoms with van der Waals surface area (Å²) in [6.07, 6.45) is 12.5. The number of pyridine rings is 2. The minimum atomic E-state index is 0.181. The van der Waals surface area contributed by atoms with E-state index in [1.165, 1.54) is 61.3 Å². The highest BCUT2D eigenvalue weighted by atomic mass is 15.1. The first-order chi connectivity index (χ1) is 21.8. The highest BCUT2D eigenvalue weighted by molar-refractivity contribution is 6.87. The van der Waals surface area contributed by atoms with E-state index in [1.54, 1.807) is 6.20 Å².